The Balaban J connectivity index is 2.17. The Kier molecular flexibility index (Phi) is 4.66. The third kappa shape index (κ3) is 4.37. The maximum Gasteiger partial charge on any atom is 0.416 e. The van der Waals surface area contributed by atoms with Crippen LogP contribution in [0.25, 0.3) is 0 Å². The van der Waals surface area contributed by atoms with E-state index in [1.807, 2.05) is 6.92 Å². The molecule has 2 aromatic rings. The zero-order valence-electron chi connectivity index (χ0n) is 11.4. The van der Waals surface area contributed by atoms with E-state index >= 15 is 0 Å². The number of alkyl halides is 3. The molecule has 0 amide bonds. The summed E-state index contributed by atoms with van der Waals surface area (Å²) in [5, 5.41) is 9.33. The largest absolute Gasteiger partial charge is 0.416 e. The molecule has 2 rings (SSSR count). The smallest absolute Gasteiger partial charge is 0.370 e. The molecule has 0 saturated carbocycles. The molecule has 0 fully saturated rings. The van der Waals surface area contributed by atoms with Crippen molar-refractivity contribution < 1.29 is 17.7 Å². The summed E-state index contributed by atoms with van der Waals surface area (Å²) in [6, 6.07) is 3.59. The van der Waals surface area contributed by atoms with E-state index in [2.05, 4.69) is 25.3 Å². The second kappa shape index (κ2) is 6.47. The predicted molar refractivity (Wildman–Crippen MR) is 71.8 cm³/mol. The number of aromatic nitrogens is 2. The van der Waals surface area contributed by atoms with Crippen molar-refractivity contribution in [2.75, 3.05) is 17.2 Å². The maximum absolute atomic E-state index is 12.9. The van der Waals surface area contributed by atoms with Crippen LogP contribution in [0.1, 0.15) is 24.6 Å². The highest BCUT2D eigenvalue weighted by Gasteiger charge is 2.31. The van der Waals surface area contributed by atoms with E-state index < -0.39 is 11.7 Å². The van der Waals surface area contributed by atoms with Gasteiger partial charge in [-0.15, -0.1) is 0 Å². The molecular weight excluding hydrogens is 285 g/mol. The first-order valence-corrected chi connectivity index (χ1v) is 6.45. The summed E-state index contributed by atoms with van der Waals surface area (Å²) in [4.78, 5) is 4.10. The second-order valence-corrected chi connectivity index (χ2v) is 4.40. The van der Waals surface area contributed by atoms with Gasteiger partial charge in [0.15, 0.2) is 0 Å². The van der Waals surface area contributed by atoms with Crippen LogP contribution < -0.4 is 10.6 Å². The van der Waals surface area contributed by atoms with Crippen LogP contribution >= 0.6 is 0 Å². The molecule has 0 radical (unpaired) electrons. The number of anilines is 2. The lowest BCUT2D eigenvalue weighted by Gasteiger charge is -2.13. The van der Waals surface area contributed by atoms with Crippen molar-refractivity contribution in [3.63, 3.8) is 0 Å². The summed E-state index contributed by atoms with van der Waals surface area (Å²) in [5.41, 5.74) is -0.170. The van der Waals surface area contributed by atoms with Crippen molar-refractivity contribution >= 4 is 11.6 Å². The molecule has 21 heavy (non-hydrogen) atoms. The standard InChI is InChI=1S/C13H15F3N4O/c1-2-4-17-11-6-9(13(14,15)16)7-12(19-11)18-8-10-3-5-21-20-10/h3,5-7H,2,4,8H2,1H3,(H2,17,18,19). The fraction of sp³-hybridized carbons (Fsp3) is 0.385. The number of rotatable bonds is 6. The number of nitrogens with zero attached hydrogens (tertiary/aromatic N) is 2. The second-order valence-electron chi connectivity index (χ2n) is 4.40. The first-order chi connectivity index (χ1) is 9.99. The lowest BCUT2D eigenvalue weighted by molar-refractivity contribution is -0.137. The van der Waals surface area contributed by atoms with E-state index in [9.17, 15) is 13.2 Å². The SMILES string of the molecule is CCCNc1cc(C(F)(F)F)cc(NCc2ccon2)n1. The molecule has 0 aliphatic carbocycles. The quantitative estimate of drug-likeness (QED) is 0.854. The van der Waals surface area contributed by atoms with Gasteiger partial charge in [-0.3, -0.25) is 0 Å². The molecule has 2 aromatic heterocycles. The van der Waals surface area contributed by atoms with Crippen molar-refractivity contribution in [2.45, 2.75) is 26.1 Å². The fourth-order valence-electron chi connectivity index (χ4n) is 1.64. The number of halogens is 3. The number of nitrogens with one attached hydrogen (secondary N) is 2. The van der Waals surface area contributed by atoms with Gasteiger partial charge in [0.2, 0.25) is 0 Å². The van der Waals surface area contributed by atoms with Crippen LogP contribution in [0.4, 0.5) is 24.8 Å². The lowest BCUT2D eigenvalue weighted by Crippen LogP contribution is -2.11. The van der Waals surface area contributed by atoms with Gasteiger partial charge in [0.1, 0.15) is 23.6 Å². The topological polar surface area (TPSA) is 63.0 Å². The van der Waals surface area contributed by atoms with Crippen molar-refractivity contribution in [1.82, 2.24) is 10.1 Å². The minimum Gasteiger partial charge on any atom is -0.370 e. The van der Waals surface area contributed by atoms with Crippen LogP contribution in [0.2, 0.25) is 0 Å². The van der Waals surface area contributed by atoms with E-state index in [4.69, 9.17) is 0 Å². The molecule has 5 nitrogen and oxygen atoms in total. The molecule has 2 heterocycles. The highest BCUT2D eigenvalue weighted by Crippen LogP contribution is 2.32. The number of hydrogen-bond donors (Lipinski definition) is 2. The Morgan fingerprint density at radius 2 is 1.90 bits per heavy atom. The molecule has 0 unspecified atom stereocenters. The highest BCUT2D eigenvalue weighted by molar-refractivity contribution is 5.49. The van der Waals surface area contributed by atoms with Crippen LogP contribution in [-0.2, 0) is 12.7 Å². The number of hydrogen-bond acceptors (Lipinski definition) is 5. The van der Waals surface area contributed by atoms with Gasteiger partial charge in [-0.25, -0.2) is 4.98 Å². The van der Waals surface area contributed by atoms with Gasteiger partial charge < -0.3 is 15.2 Å². The predicted octanol–water partition coefficient (Wildman–Crippen LogP) is 3.52. The maximum atomic E-state index is 12.9. The minimum atomic E-state index is -4.42. The molecule has 2 N–H and O–H groups in total. The van der Waals surface area contributed by atoms with Crippen molar-refractivity contribution in [3.8, 4) is 0 Å². The van der Waals surface area contributed by atoms with Crippen LogP contribution in [-0.4, -0.2) is 16.7 Å². The first-order valence-electron chi connectivity index (χ1n) is 6.45. The normalized spacial score (nSPS) is 11.4. The Bertz CT molecular complexity index is 569. The zero-order chi connectivity index (χ0) is 15.3. The summed E-state index contributed by atoms with van der Waals surface area (Å²) in [6.45, 7) is 2.71. The number of pyridine rings is 1. The van der Waals surface area contributed by atoms with Crippen molar-refractivity contribution in [3.05, 3.63) is 35.7 Å². The van der Waals surface area contributed by atoms with Crippen LogP contribution in [0.3, 0.4) is 0 Å². The van der Waals surface area contributed by atoms with Crippen molar-refractivity contribution in [1.29, 1.82) is 0 Å². The van der Waals surface area contributed by atoms with Gasteiger partial charge in [0, 0.05) is 12.6 Å². The van der Waals surface area contributed by atoms with Gasteiger partial charge in [-0.2, -0.15) is 13.2 Å². The summed E-state index contributed by atoms with van der Waals surface area (Å²) in [7, 11) is 0. The molecule has 8 heteroatoms. The van der Waals surface area contributed by atoms with Crippen LogP contribution in [0, 0.1) is 0 Å². The molecule has 0 saturated heterocycles. The fourth-order valence-corrected chi connectivity index (χ4v) is 1.64. The monoisotopic (exact) mass is 300 g/mol. The Morgan fingerprint density at radius 1 is 1.19 bits per heavy atom. The third-order valence-electron chi connectivity index (χ3n) is 2.65. The van der Waals surface area contributed by atoms with E-state index in [0.717, 1.165) is 18.6 Å². The Morgan fingerprint density at radius 3 is 2.48 bits per heavy atom. The summed E-state index contributed by atoms with van der Waals surface area (Å²) >= 11 is 0. The summed E-state index contributed by atoms with van der Waals surface area (Å²) in [5.74, 6) is 0.320. The molecule has 0 aliphatic heterocycles. The average Bonchev–Trinajstić information content (AvgIpc) is 2.95. The average molecular weight is 300 g/mol. The van der Waals surface area contributed by atoms with Gasteiger partial charge >= 0.3 is 6.18 Å². The summed E-state index contributed by atoms with van der Waals surface area (Å²) in [6.07, 6.45) is -2.24. The van der Waals surface area contributed by atoms with E-state index in [1.54, 1.807) is 6.07 Å². The minimum absolute atomic E-state index is 0.131. The van der Waals surface area contributed by atoms with Gasteiger partial charge in [0.05, 0.1) is 12.1 Å². The van der Waals surface area contributed by atoms with Gasteiger partial charge in [-0.1, -0.05) is 12.1 Å². The zero-order valence-corrected chi connectivity index (χ0v) is 11.4. The Hall–Kier alpha value is -2.25. The molecule has 0 spiro atoms. The molecule has 0 atom stereocenters. The van der Waals surface area contributed by atoms with E-state index in [0.29, 0.717) is 12.2 Å². The van der Waals surface area contributed by atoms with Crippen LogP contribution in [0.5, 0.6) is 0 Å². The highest BCUT2D eigenvalue weighted by atomic mass is 19.4. The summed E-state index contributed by atoms with van der Waals surface area (Å²) < 4.78 is 43.3. The van der Waals surface area contributed by atoms with Crippen molar-refractivity contribution in [2.24, 2.45) is 0 Å². The molecular formula is C13H15F3N4O. The van der Waals surface area contributed by atoms with Crippen LogP contribution in [0.15, 0.2) is 29.0 Å². The molecule has 0 bridgehead atoms. The van der Waals surface area contributed by atoms with E-state index in [1.165, 1.54) is 6.26 Å². The molecule has 0 aliphatic rings. The molecule has 114 valence electrons. The van der Waals surface area contributed by atoms with Gasteiger partial charge in [-0.05, 0) is 18.6 Å². The Labute approximate surface area is 119 Å². The van der Waals surface area contributed by atoms with Gasteiger partial charge in [0.25, 0.3) is 0 Å². The van der Waals surface area contributed by atoms with E-state index in [-0.39, 0.29) is 18.2 Å². The first kappa shape index (κ1) is 15.1. The molecule has 0 aromatic carbocycles. The lowest BCUT2D eigenvalue weighted by atomic mass is 10.2. The third-order valence-corrected chi connectivity index (χ3v) is 2.65.